The monoisotopic (exact) mass is 220 g/mol. The smallest absolute Gasteiger partial charge is 0.352 e. The maximum absolute atomic E-state index is 13.1. The first-order chi connectivity index (χ1) is 6.52. The van der Waals surface area contributed by atoms with Crippen LogP contribution in [0.1, 0.15) is 6.92 Å². The molecule has 0 bridgehead atoms. The molecular weight excluding hydrogens is 215 g/mol. The molecule has 0 radical (unpaired) electrons. The van der Waals surface area contributed by atoms with E-state index in [1.54, 1.807) is 0 Å². The Kier molecular flexibility index (Phi) is 3.08. The van der Waals surface area contributed by atoms with Gasteiger partial charge in [0.25, 0.3) is 0 Å². The van der Waals surface area contributed by atoms with Gasteiger partial charge in [-0.2, -0.15) is 4.39 Å². The molecule has 0 atom stereocenters. The van der Waals surface area contributed by atoms with E-state index in [9.17, 15) is 9.18 Å². The van der Waals surface area contributed by atoms with Gasteiger partial charge in [0.2, 0.25) is 5.82 Å². The van der Waals surface area contributed by atoms with Crippen molar-refractivity contribution in [3.05, 3.63) is 17.0 Å². The van der Waals surface area contributed by atoms with Crippen molar-refractivity contribution in [3.63, 3.8) is 0 Å². The third kappa shape index (κ3) is 2.23. The molecule has 0 saturated carbocycles. The average molecular weight is 221 g/mol. The summed E-state index contributed by atoms with van der Waals surface area (Å²) < 4.78 is 13.1. The maximum atomic E-state index is 13.1. The minimum absolute atomic E-state index is 0.0284. The highest BCUT2D eigenvalue weighted by atomic mass is 35.5. The van der Waals surface area contributed by atoms with Crippen LogP contribution in [0, 0.1) is 5.82 Å². The molecule has 0 saturated heterocycles. The zero-order valence-corrected chi connectivity index (χ0v) is 7.84. The largest absolute Gasteiger partial charge is 0.396 e. The number of pyridine rings is 1. The van der Waals surface area contributed by atoms with E-state index in [4.69, 9.17) is 17.3 Å². The number of carbonyl (C=O) groups excluding carboxylic acids is 1. The molecule has 1 rings (SSSR count). The third-order valence-electron chi connectivity index (χ3n) is 1.19. The highest BCUT2D eigenvalue weighted by Crippen LogP contribution is 2.27. The van der Waals surface area contributed by atoms with Crippen LogP contribution in [-0.4, -0.2) is 11.0 Å². The molecule has 5 nitrogen and oxygen atoms in total. The van der Waals surface area contributed by atoms with Crippen LogP contribution < -0.4 is 10.6 Å². The number of hydrogen-bond acceptors (Lipinski definition) is 5. The molecule has 2 N–H and O–H groups in total. The van der Waals surface area contributed by atoms with Crippen LogP contribution in [0.2, 0.25) is 5.02 Å². The van der Waals surface area contributed by atoms with E-state index >= 15 is 0 Å². The molecule has 0 aliphatic carbocycles. The minimum Gasteiger partial charge on any atom is -0.396 e. The van der Waals surface area contributed by atoms with Crippen molar-refractivity contribution >= 4 is 23.3 Å². The lowest BCUT2D eigenvalue weighted by atomic mass is 10.4. The van der Waals surface area contributed by atoms with Gasteiger partial charge in [-0.25, -0.2) is 14.7 Å². The van der Waals surface area contributed by atoms with Gasteiger partial charge < -0.3 is 5.73 Å². The normalized spacial score (nSPS) is 9.64. The van der Waals surface area contributed by atoms with Crippen LogP contribution in [-0.2, 0) is 9.68 Å². The summed E-state index contributed by atoms with van der Waals surface area (Å²) in [5, 5.41) is -0.331. The number of nitrogens with two attached hydrogens (primary N) is 1. The van der Waals surface area contributed by atoms with Crippen LogP contribution in [0.3, 0.4) is 0 Å². The topological polar surface area (TPSA) is 74.4 Å². The molecule has 0 aromatic carbocycles. The molecule has 76 valence electrons. The van der Waals surface area contributed by atoms with Crippen molar-refractivity contribution < 1.29 is 19.0 Å². The summed E-state index contributed by atoms with van der Waals surface area (Å²) in [6.45, 7) is 1.09. The lowest BCUT2D eigenvalue weighted by Crippen LogP contribution is -2.06. The molecule has 14 heavy (non-hydrogen) atoms. The minimum atomic E-state index is -0.979. The quantitative estimate of drug-likeness (QED) is 0.601. The highest BCUT2D eigenvalue weighted by Gasteiger charge is 2.14. The molecular formula is C7H6ClFN2O3. The number of nitrogen functional groups attached to an aromatic ring is 1. The molecule has 1 heterocycles. The van der Waals surface area contributed by atoms with Gasteiger partial charge in [-0.05, 0) is 0 Å². The lowest BCUT2D eigenvalue weighted by molar-refractivity contribution is -0.213. The van der Waals surface area contributed by atoms with E-state index in [-0.39, 0.29) is 10.7 Å². The Hall–Kier alpha value is -1.56. The standard InChI is InChI=1S/C7H6ClFN2O3/c1-3(12)13-14-7-6(9)5(8)4(10)2-11-7/h2H,10H2,1H3. The van der Waals surface area contributed by atoms with Gasteiger partial charge in [0.1, 0.15) is 5.02 Å². The second kappa shape index (κ2) is 4.10. The molecule has 0 spiro atoms. The van der Waals surface area contributed by atoms with Gasteiger partial charge in [-0.1, -0.05) is 11.6 Å². The third-order valence-corrected chi connectivity index (χ3v) is 1.58. The van der Waals surface area contributed by atoms with Crippen LogP contribution in [0.4, 0.5) is 10.1 Å². The van der Waals surface area contributed by atoms with Gasteiger partial charge in [0.15, 0.2) is 0 Å². The summed E-state index contributed by atoms with van der Waals surface area (Å²) in [5.74, 6) is -2.26. The Morgan fingerprint density at radius 3 is 2.93 bits per heavy atom. The van der Waals surface area contributed by atoms with Gasteiger partial charge in [0.05, 0.1) is 11.9 Å². The van der Waals surface area contributed by atoms with E-state index in [2.05, 4.69) is 14.8 Å². The van der Waals surface area contributed by atoms with E-state index in [0.717, 1.165) is 13.1 Å². The Balaban J connectivity index is 2.88. The number of rotatable bonds is 2. The number of anilines is 1. The van der Waals surface area contributed by atoms with Crippen molar-refractivity contribution in [3.8, 4) is 5.88 Å². The summed E-state index contributed by atoms with van der Waals surface area (Å²) in [7, 11) is 0. The summed E-state index contributed by atoms with van der Waals surface area (Å²) in [6, 6.07) is 0. The van der Waals surface area contributed by atoms with E-state index in [1.165, 1.54) is 0 Å². The fraction of sp³-hybridized carbons (Fsp3) is 0.143. The van der Waals surface area contributed by atoms with Gasteiger partial charge in [-0.3, -0.25) is 4.89 Å². The zero-order valence-electron chi connectivity index (χ0n) is 7.08. The molecule has 0 aliphatic rings. The first-order valence-corrected chi connectivity index (χ1v) is 3.84. The van der Waals surface area contributed by atoms with Crippen LogP contribution in [0.25, 0.3) is 0 Å². The SMILES string of the molecule is CC(=O)OOc1ncc(N)c(Cl)c1F. The van der Waals surface area contributed by atoms with E-state index in [1.807, 2.05) is 0 Å². The number of hydrogen-bond donors (Lipinski definition) is 1. The van der Waals surface area contributed by atoms with Crippen molar-refractivity contribution in [2.24, 2.45) is 0 Å². The molecule has 7 heteroatoms. The van der Waals surface area contributed by atoms with Gasteiger partial charge in [-0.15, -0.1) is 0 Å². The van der Waals surface area contributed by atoms with Crippen molar-refractivity contribution in [1.82, 2.24) is 4.98 Å². The highest BCUT2D eigenvalue weighted by molar-refractivity contribution is 6.33. The summed E-state index contributed by atoms with van der Waals surface area (Å²) in [6.07, 6.45) is 1.09. The second-order valence-corrected chi connectivity index (χ2v) is 2.68. The predicted molar refractivity (Wildman–Crippen MR) is 46.0 cm³/mol. The van der Waals surface area contributed by atoms with E-state index in [0.29, 0.717) is 0 Å². The molecule has 1 aromatic rings. The average Bonchev–Trinajstić information content (AvgIpc) is 2.13. The van der Waals surface area contributed by atoms with Crippen molar-refractivity contribution in [2.45, 2.75) is 6.92 Å². The molecule has 0 aliphatic heterocycles. The van der Waals surface area contributed by atoms with Crippen LogP contribution in [0.5, 0.6) is 5.88 Å². The molecule has 0 unspecified atom stereocenters. The fourth-order valence-electron chi connectivity index (χ4n) is 0.618. The Labute approximate surface area is 83.5 Å². The molecule has 1 aromatic heterocycles. The fourth-order valence-corrected chi connectivity index (χ4v) is 0.748. The van der Waals surface area contributed by atoms with Crippen LogP contribution in [0.15, 0.2) is 6.20 Å². The van der Waals surface area contributed by atoms with Crippen molar-refractivity contribution in [1.29, 1.82) is 0 Å². The predicted octanol–water partition coefficient (Wildman–Crippen LogP) is 1.31. The molecule has 0 fully saturated rings. The summed E-state index contributed by atoms with van der Waals surface area (Å²) in [4.78, 5) is 22.1. The van der Waals surface area contributed by atoms with Crippen LogP contribution >= 0.6 is 11.6 Å². The summed E-state index contributed by atoms with van der Waals surface area (Å²) in [5.41, 5.74) is 5.22. The number of nitrogens with zero attached hydrogens (tertiary/aromatic N) is 1. The summed E-state index contributed by atoms with van der Waals surface area (Å²) >= 11 is 5.44. The first-order valence-electron chi connectivity index (χ1n) is 3.47. The lowest BCUT2D eigenvalue weighted by Gasteiger charge is -2.04. The van der Waals surface area contributed by atoms with Crippen molar-refractivity contribution in [2.75, 3.05) is 5.73 Å². The number of carbonyl (C=O) groups is 1. The zero-order chi connectivity index (χ0) is 10.7. The van der Waals surface area contributed by atoms with Gasteiger partial charge in [0, 0.05) is 6.92 Å². The number of halogens is 2. The Morgan fingerprint density at radius 2 is 2.36 bits per heavy atom. The van der Waals surface area contributed by atoms with Gasteiger partial charge >= 0.3 is 11.8 Å². The maximum Gasteiger partial charge on any atom is 0.352 e. The number of aromatic nitrogens is 1. The second-order valence-electron chi connectivity index (χ2n) is 2.30. The Morgan fingerprint density at radius 1 is 1.71 bits per heavy atom. The van der Waals surface area contributed by atoms with E-state index < -0.39 is 17.7 Å². The first kappa shape index (κ1) is 10.5. The Bertz CT molecular complexity index is 372. The molecule has 0 amide bonds.